The highest BCUT2D eigenvalue weighted by Crippen LogP contribution is 2.15. The zero-order valence-electron chi connectivity index (χ0n) is 17.9. The summed E-state index contributed by atoms with van der Waals surface area (Å²) in [7, 11) is 3.45. The van der Waals surface area contributed by atoms with Crippen LogP contribution < -0.4 is 5.32 Å². The van der Waals surface area contributed by atoms with E-state index in [-0.39, 0.29) is 18.1 Å². The molecule has 2 aromatic rings. The Morgan fingerprint density at radius 3 is 2.48 bits per heavy atom. The Morgan fingerprint density at radius 2 is 1.90 bits per heavy atom. The Hall–Kier alpha value is -2.98. The number of hydrogen-bond acceptors (Lipinski definition) is 6. The zero-order valence-corrected chi connectivity index (χ0v) is 18.7. The quantitative estimate of drug-likeness (QED) is 0.304. The maximum atomic E-state index is 12.1. The molecule has 2 heterocycles. The second-order valence-corrected chi connectivity index (χ2v) is 8.58. The van der Waals surface area contributed by atoms with E-state index < -0.39 is 4.92 Å². The van der Waals surface area contributed by atoms with E-state index in [1.54, 1.807) is 42.5 Å². The van der Waals surface area contributed by atoms with Gasteiger partial charge in [-0.05, 0) is 17.0 Å². The first kappa shape index (κ1) is 22.7. The van der Waals surface area contributed by atoms with Gasteiger partial charge in [0.15, 0.2) is 5.96 Å². The molecule has 166 valence electrons. The topological polar surface area (TPSA) is 94.3 Å². The van der Waals surface area contributed by atoms with Crippen molar-refractivity contribution in [3.05, 3.63) is 62.3 Å². The molecule has 1 fully saturated rings. The Labute approximate surface area is 186 Å². The molecule has 1 amide bonds. The second kappa shape index (κ2) is 10.9. The van der Waals surface area contributed by atoms with Crippen molar-refractivity contribution in [3.63, 3.8) is 0 Å². The van der Waals surface area contributed by atoms with Gasteiger partial charge in [0.05, 0.1) is 18.0 Å². The van der Waals surface area contributed by atoms with Crippen LogP contribution >= 0.6 is 11.3 Å². The van der Waals surface area contributed by atoms with Gasteiger partial charge in [0, 0.05) is 63.8 Å². The third-order valence-corrected chi connectivity index (χ3v) is 5.95. The lowest BCUT2D eigenvalue weighted by Gasteiger charge is -2.36. The van der Waals surface area contributed by atoms with Gasteiger partial charge >= 0.3 is 0 Å². The lowest BCUT2D eigenvalue weighted by atomic mass is 10.2. The van der Waals surface area contributed by atoms with E-state index in [0.717, 1.165) is 38.3 Å². The molecule has 1 N–H and O–H groups in total. The Morgan fingerprint density at radius 1 is 1.19 bits per heavy atom. The van der Waals surface area contributed by atoms with Crippen LogP contribution in [0.15, 0.2) is 46.8 Å². The maximum Gasteiger partial charge on any atom is 0.269 e. The predicted octanol–water partition coefficient (Wildman–Crippen LogP) is 2.01. The van der Waals surface area contributed by atoms with Crippen molar-refractivity contribution >= 4 is 28.9 Å². The minimum absolute atomic E-state index is 0.0284. The summed E-state index contributed by atoms with van der Waals surface area (Å²) in [5.41, 5.74) is 0.935. The van der Waals surface area contributed by atoms with Crippen LogP contribution in [0.1, 0.15) is 10.4 Å². The lowest BCUT2D eigenvalue weighted by molar-refractivity contribution is -0.384. The van der Waals surface area contributed by atoms with E-state index in [9.17, 15) is 14.9 Å². The van der Waals surface area contributed by atoms with Gasteiger partial charge in [-0.15, -0.1) is 11.3 Å². The molecule has 0 unspecified atom stereocenters. The number of hydrogen-bond donors (Lipinski definition) is 1. The number of rotatable bonds is 7. The lowest BCUT2D eigenvalue weighted by Crippen LogP contribution is -2.53. The van der Waals surface area contributed by atoms with Gasteiger partial charge in [0.2, 0.25) is 5.91 Å². The van der Waals surface area contributed by atoms with E-state index in [4.69, 9.17) is 4.99 Å². The summed E-state index contributed by atoms with van der Waals surface area (Å²) in [4.78, 5) is 34.7. The molecule has 0 spiro atoms. The van der Waals surface area contributed by atoms with Gasteiger partial charge in [-0.3, -0.25) is 19.8 Å². The van der Waals surface area contributed by atoms with Crippen LogP contribution in [0.2, 0.25) is 0 Å². The number of nitrogens with one attached hydrogen (secondary N) is 1. The maximum absolute atomic E-state index is 12.1. The summed E-state index contributed by atoms with van der Waals surface area (Å²) >= 11 is 1.77. The molecule has 1 aliphatic heterocycles. The number of nitrogens with zero attached hydrogens (tertiary/aromatic N) is 5. The number of nitro groups is 1. The number of carbonyl (C=O) groups excluding carboxylic acids is 1. The molecule has 31 heavy (non-hydrogen) atoms. The number of guanidine groups is 1. The van der Waals surface area contributed by atoms with Crippen molar-refractivity contribution in [2.75, 3.05) is 46.8 Å². The van der Waals surface area contributed by atoms with Crippen molar-refractivity contribution in [1.82, 2.24) is 20.0 Å². The summed E-state index contributed by atoms with van der Waals surface area (Å²) in [5, 5.41) is 16.1. The normalized spacial score (nSPS) is 15.0. The largest absolute Gasteiger partial charge is 0.347 e. The van der Waals surface area contributed by atoms with Crippen LogP contribution in [-0.2, 0) is 17.9 Å². The van der Waals surface area contributed by atoms with Gasteiger partial charge in [-0.1, -0.05) is 18.2 Å². The summed E-state index contributed by atoms with van der Waals surface area (Å²) in [6.07, 6.45) is 0. The Bertz CT molecular complexity index is 890. The zero-order chi connectivity index (χ0) is 22.2. The number of benzene rings is 1. The summed E-state index contributed by atoms with van der Waals surface area (Å²) in [5.74, 6) is 0.656. The summed E-state index contributed by atoms with van der Waals surface area (Å²) in [6, 6.07) is 10.6. The van der Waals surface area contributed by atoms with Crippen molar-refractivity contribution in [2.24, 2.45) is 4.99 Å². The molecule has 1 saturated heterocycles. The molecule has 1 aromatic carbocycles. The van der Waals surface area contributed by atoms with Crippen LogP contribution in [0.3, 0.4) is 0 Å². The van der Waals surface area contributed by atoms with Crippen LogP contribution in [0, 0.1) is 10.1 Å². The predicted molar refractivity (Wildman–Crippen MR) is 122 cm³/mol. The highest BCUT2D eigenvalue weighted by atomic mass is 32.1. The average molecular weight is 445 g/mol. The van der Waals surface area contributed by atoms with Gasteiger partial charge in [-0.25, -0.2) is 4.99 Å². The first-order valence-electron chi connectivity index (χ1n) is 10.1. The van der Waals surface area contributed by atoms with E-state index >= 15 is 0 Å². The van der Waals surface area contributed by atoms with E-state index in [0.29, 0.717) is 12.5 Å². The second-order valence-electron chi connectivity index (χ2n) is 7.55. The number of aliphatic imine (C=N–C) groups is 1. The highest BCUT2D eigenvalue weighted by molar-refractivity contribution is 7.09. The third kappa shape index (κ3) is 6.76. The smallest absolute Gasteiger partial charge is 0.269 e. The fraction of sp³-hybridized carbons (Fsp3) is 0.429. The molecule has 0 bridgehead atoms. The fourth-order valence-electron chi connectivity index (χ4n) is 3.21. The molecule has 3 rings (SSSR count). The van der Waals surface area contributed by atoms with Crippen molar-refractivity contribution in [1.29, 1.82) is 0 Å². The van der Waals surface area contributed by atoms with E-state index in [2.05, 4.69) is 32.6 Å². The van der Waals surface area contributed by atoms with Crippen molar-refractivity contribution < 1.29 is 9.72 Å². The molecule has 0 atom stereocenters. The molecular formula is C21H28N6O3S. The minimum Gasteiger partial charge on any atom is -0.347 e. The van der Waals surface area contributed by atoms with Gasteiger partial charge in [0.25, 0.3) is 5.69 Å². The average Bonchev–Trinajstić information content (AvgIpc) is 3.27. The molecule has 9 nitrogen and oxygen atoms in total. The van der Waals surface area contributed by atoms with Crippen LogP contribution in [0.25, 0.3) is 0 Å². The molecular weight excluding hydrogens is 416 g/mol. The molecule has 1 aromatic heterocycles. The Kier molecular flexibility index (Phi) is 7.96. The molecule has 0 radical (unpaired) electrons. The van der Waals surface area contributed by atoms with E-state index in [1.807, 2.05) is 0 Å². The number of carbonyl (C=O) groups is 1. The molecule has 0 saturated carbocycles. The number of amides is 1. The molecule has 10 heteroatoms. The summed E-state index contributed by atoms with van der Waals surface area (Å²) < 4.78 is 0. The first-order valence-corrected chi connectivity index (χ1v) is 11.0. The molecule has 1 aliphatic rings. The number of thiophene rings is 1. The van der Waals surface area contributed by atoms with Crippen LogP contribution in [0.5, 0.6) is 0 Å². The number of likely N-dealkylation sites (N-methyl/N-ethyl adjacent to an activating group) is 1. The first-order chi connectivity index (χ1) is 14.9. The SMILES string of the molecule is CN(C)C(=O)CNC(=NCc1ccc([N+](=O)[O-])cc1)N1CCN(Cc2cccs2)CC1. The van der Waals surface area contributed by atoms with Crippen molar-refractivity contribution in [2.45, 2.75) is 13.1 Å². The minimum atomic E-state index is -0.414. The number of nitro benzene ring substituents is 1. The monoisotopic (exact) mass is 444 g/mol. The third-order valence-electron chi connectivity index (χ3n) is 5.09. The van der Waals surface area contributed by atoms with Crippen LogP contribution in [0.4, 0.5) is 5.69 Å². The van der Waals surface area contributed by atoms with Gasteiger partial charge < -0.3 is 15.1 Å². The van der Waals surface area contributed by atoms with Crippen LogP contribution in [-0.4, -0.2) is 78.3 Å². The fourth-order valence-corrected chi connectivity index (χ4v) is 3.96. The standard InChI is InChI=1S/C21H28N6O3S/c1-24(2)20(28)15-23-21(22-14-17-5-7-18(8-6-17)27(29)30)26-11-9-25(10-12-26)16-19-4-3-13-31-19/h3-8,13H,9-12,14-16H2,1-2H3,(H,22,23). The summed E-state index contributed by atoms with van der Waals surface area (Å²) in [6.45, 7) is 4.96. The highest BCUT2D eigenvalue weighted by Gasteiger charge is 2.21. The number of piperazine rings is 1. The van der Waals surface area contributed by atoms with Gasteiger partial charge in [0.1, 0.15) is 0 Å². The van der Waals surface area contributed by atoms with Gasteiger partial charge in [-0.2, -0.15) is 0 Å². The molecule has 0 aliphatic carbocycles. The number of non-ortho nitro benzene ring substituents is 1. The van der Waals surface area contributed by atoms with E-state index in [1.165, 1.54) is 17.0 Å². The Balaban J connectivity index is 1.63. The van der Waals surface area contributed by atoms with Crippen molar-refractivity contribution in [3.8, 4) is 0 Å².